The van der Waals surface area contributed by atoms with Crippen LogP contribution in [-0.2, 0) is 0 Å². The van der Waals surface area contributed by atoms with Crippen molar-refractivity contribution in [1.29, 1.82) is 0 Å². The molecule has 0 fully saturated rings. The number of hydrogen-bond donors (Lipinski definition) is 2. The van der Waals surface area contributed by atoms with E-state index in [2.05, 4.69) is 72.4 Å². The molecule has 0 unspecified atom stereocenters. The maximum atomic E-state index is 4.39. The molecule has 4 aromatic rings. The molecule has 0 atom stereocenters. The molecular weight excluding hydrogens is 294 g/mol. The van der Waals surface area contributed by atoms with Crippen LogP contribution in [0.1, 0.15) is 31.0 Å². The number of nitrogens with zero attached hydrogens (tertiary/aromatic N) is 1. The molecule has 3 heteroatoms. The molecule has 0 aliphatic carbocycles. The van der Waals surface area contributed by atoms with Crippen LogP contribution in [0.2, 0.25) is 0 Å². The van der Waals surface area contributed by atoms with Gasteiger partial charge in [0.1, 0.15) is 0 Å². The fourth-order valence-electron chi connectivity index (χ4n) is 2.59. The minimum Gasteiger partial charge on any atom is -0.360 e. The molecule has 2 heterocycles. The number of fused-ring (bicyclic) bond motifs is 1. The average Bonchev–Trinajstić information content (AvgIpc) is 3.23. The van der Waals surface area contributed by atoms with E-state index in [0.717, 1.165) is 16.8 Å². The molecule has 24 heavy (non-hydrogen) atoms. The van der Waals surface area contributed by atoms with Crippen LogP contribution in [0.5, 0.6) is 0 Å². The van der Waals surface area contributed by atoms with Gasteiger partial charge in [-0.15, -0.1) is 0 Å². The molecule has 0 saturated heterocycles. The Morgan fingerprint density at radius 1 is 0.917 bits per heavy atom. The molecular formula is C21H23N3. The van der Waals surface area contributed by atoms with Crippen molar-refractivity contribution in [1.82, 2.24) is 15.2 Å². The molecule has 0 saturated carbocycles. The second kappa shape index (κ2) is 7.18. The van der Waals surface area contributed by atoms with Gasteiger partial charge in [0.25, 0.3) is 0 Å². The van der Waals surface area contributed by atoms with Gasteiger partial charge in [-0.05, 0) is 25.0 Å². The number of para-hydroxylation sites is 1. The molecule has 122 valence electrons. The van der Waals surface area contributed by atoms with Gasteiger partial charge in [0.2, 0.25) is 0 Å². The average molecular weight is 317 g/mol. The lowest BCUT2D eigenvalue weighted by molar-refractivity contribution is 0.811. The van der Waals surface area contributed by atoms with Crippen molar-refractivity contribution < 1.29 is 0 Å². The highest BCUT2D eigenvalue weighted by Gasteiger charge is 2.10. The number of nitrogens with one attached hydrogen (secondary N) is 2. The topological polar surface area (TPSA) is 44.5 Å². The van der Waals surface area contributed by atoms with Gasteiger partial charge >= 0.3 is 0 Å². The number of aryl methyl sites for hydroxylation is 1. The Bertz CT molecular complexity index is 901. The first kappa shape index (κ1) is 16.1. The van der Waals surface area contributed by atoms with Gasteiger partial charge in [-0.2, -0.15) is 5.10 Å². The Hall–Kier alpha value is -2.81. The molecule has 4 rings (SSSR count). The monoisotopic (exact) mass is 317 g/mol. The third kappa shape index (κ3) is 3.57. The van der Waals surface area contributed by atoms with Gasteiger partial charge in [0.15, 0.2) is 0 Å². The molecule has 2 N–H and O–H groups in total. The van der Waals surface area contributed by atoms with E-state index in [1.165, 1.54) is 16.6 Å². The summed E-state index contributed by atoms with van der Waals surface area (Å²) in [5.74, 6) is 0.474. The summed E-state index contributed by atoms with van der Waals surface area (Å²) in [5.41, 5.74) is 5.80. The van der Waals surface area contributed by atoms with Crippen molar-refractivity contribution in [2.75, 3.05) is 0 Å². The van der Waals surface area contributed by atoms with Gasteiger partial charge in [0, 0.05) is 28.4 Å². The van der Waals surface area contributed by atoms with E-state index in [-0.39, 0.29) is 0 Å². The van der Waals surface area contributed by atoms with E-state index in [0.29, 0.717) is 5.92 Å². The number of hydrogen-bond acceptors (Lipinski definition) is 1. The predicted molar refractivity (Wildman–Crippen MR) is 101 cm³/mol. The zero-order valence-corrected chi connectivity index (χ0v) is 14.4. The lowest BCUT2D eigenvalue weighted by Crippen LogP contribution is -1.85. The second-order valence-electron chi connectivity index (χ2n) is 6.27. The normalized spacial score (nSPS) is 10.7. The van der Waals surface area contributed by atoms with Crippen LogP contribution >= 0.6 is 0 Å². The zero-order chi connectivity index (χ0) is 16.9. The Balaban J connectivity index is 0.000000203. The molecule has 0 radical (unpaired) electrons. The zero-order valence-electron chi connectivity index (χ0n) is 14.4. The largest absolute Gasteiger partial charge is 0.360 e. The molecule has 0 bridgehead atoms. The second-order valence-corrected chi connectivity index (χ2v) is 6.27. The first-order valence-electron chi connectivity index (χ1n) is 8.28. The highest BCUT2D eigenvalue weighted by molar-refractivity contribution is 5.94. The van der Waals surface area contributed by atoms with Crippen LogP contribution in [0.4, 0.5) is 0 Å². The standard InChI is InChI=1S/C14H15N3.C7H8/c1-9(2)13-7-14(17-16-13)11-8-15-12-6-4-3-5-10(11)12;1-7-5-3-2-4-6-7/h3-9,15H,1-2H3,(H,16,17);2-6H,1H3. The molecule has 0 spiro atoms. The minimum atomic E-state index is 0.474. The number of benzene rings is 2. The van der Waals surface area contributed by atoms with Crippen molar-refractivity contribution >= 4 is 10.9 Å². The summed E-state index contributed by atoms with van der Waals surface area (Å²) in [7, 11) is 0. The van der Waals surface area contributed by atoms with E-state index in [9.17, 15) is 0 Å². The van der Waals surface area contributed by atoms with E-state index < -0.39 is 0 Å². The van der Waals surface area contributed by atoms with Crippen molar-refractivity contribution in [2.45, 2.75) is 26.7 Å². The van der Waals surface area contributed by atoms with Crippen LogP contribution < -0.4 is 0 Å². The van der Waals surface area contributed by atoms with E-state index >= 15 is 0 Å². The van der Waals surface area contributed by atoms with Gasteiger partial charge in [-0.3, -0.25) is 5.10 Å². The first-order valence-corrected chi connectivity index (χ1v) is 8.28. The number of aromatic amines is 2. The summed E-state index contributed by atoms with van der Waals surface area (Å²) in [4.78, 5) is 3.27. The highest BCUT2D eigenvalue weighted by Crippen LogP contribution is 2.28. The van der Waals surface area contributed by atoms with Gasteiger partial charge in [0.05, 0.1) is 5.69 Å². The summed E-state index contributed by atoms with van der Waals surface area (Å²) < 4.78 is 0. The van der Waals surface area contributed by atoms with E-state index in [4.69, 9.17) is 0 Å². The van der Waals surface area contributed by atoms with E-state index in [1.54, 1.807) is 0 Å². The van der Waals surface area contributed by atoms with Gasteiger partial charge in [-0.25, -0.2) is 0 Å². The minimum absolute atomic E-state index is 0.474. The fourth-order valence-corrected chi connectivity index (χ4v) is 2.59. The maximum Gasteiger partial charge on any atom is 0.0945 e. The summed E-state index contributed by atoms with van der Waals surface area (Å²) in [6.07, 6.45) is 2.02. The molecule has 2 aromatic carbocycles. The number of rotatable bonds is 2. The van der Waals surface area contributed by atoms with Crippen LogP contribution in [0.25, 0.3) is 22.2 Å². The van der Waals surface area contributed by atoms with E-state index in [1.807, 2.05) is 30.5 Å². The molecule has 0 amide bonds. The fraction of sp³-hybridized carbons (Fsp3) is 0.190. The Morgan fingerprint density at radius 3 is 2.25 bits per heavy atom. The Kier molecular flexibility index (Phi) is 4.80. The summed E-state index contributed by atoms with van der Waals surface area (Å²) in [5, 5.41) is 8.70. The third-order valence-electron chi connectivity index (χ3n) is 4.03. The highest BCUT2D eigenvalue weighted by atomic mass is 15.1. The van der Waals surface area contributed by atoms with Gasteiger partial charge < -0.3 is 4.98 Å². The van der Waals surface area contributed by atoms with Crippen LogP contribution in [0.15, 0.2) is 66.9 Å². The molecule has 0 aliphatic rings. The molecule has 2 aromatic heterocycles. The predicted octanol–water partition coefficient (Wildman–Crippen LogP) is 5.68. The lowest BCUT2D eigenvalue weighted by atomic mass is 10.1. The first-order chi connectivity index (χ1) is 11.6. The van der Waals surface area contributed by atoms with Crippen molar-refractivity contribution in [3.8, 4) is 11.3 Å². The van der Waals surface area contributed by atoms with Crippen molar-refractivity contribution in [3.05, 3.63) is 78.1 Å². The quantitative estimate of drug-likeness (QED) is 0.491. The number of H-pyrrole nitrogens is 2. The van der Waals surface area contributed by atoms with Crippen LogP contribution in [-0.4, -0.2) is 15.2 Å². The Labute approximate surface area is 142 Å². The van der Waals surface area contributed by atoms with Crippen molar-refractivity contribution in [2.24, 2.45) is 0 Å². The summed E-state index contributed by atoms with van der Waals surface area (Å²) in [6.45, 7) is 6.40. The third-order valence-corrected chi connectivity index (χ3v) is 4.03. The van der Waals surface area contributed by atoms with Crippen LogP contribution in [0.3, 0.4) is 0 Å². The SMILES string of the molecule is CC(C)c1cc(-c2c[nH]c3ccccc23)n[nH]1.Cc1ccccc1. The number of aromatic nitrogens is 3. The lowest BCUT2D eigenvalue weighted by Gasteiger charge is -1.96. The maximum absolute atomic E-state index is 4.39. The molecule has 0 aliphatic heterocycles. The van der Waals surface area contributed by atoms with Crippen molar-refractivity contribution in [3.63, 3.8) is 0 Å². The summed E-state index contributed by atoms with van der Waals surface area (Å²) >= 11 is 0. The summed E-state index contributed by atoms with van der Waals surface area (Å²) in [6, 6.07) is 20.7. The molecule has 3 nitrogen and oxygen atoms in total. The Morgan fingerprint density at radius 2 is 1.62 bits per heavy atom. The smallest absolute Gasteiger partial charge is 0.0945 e. The van der Waals surface area contributed by atoms with Crippen LogP contribution in [0, 0.1) is 6.92 Å². The van der Waals surface area contributed by atoms with Gasteiger partial charge in [-0.1, -0.05) is 67.9 Å².